The Hall–Kier alpha value is -2.55. The number of aliphatic hydroxyl groups is 1. The van der Waals surface area contributed by atoms with Crippen LogP contribution in [0.3, 0.4) is 0 Å². The van der Waals surface area contributed by atoms with Crippen molar-refractivity contribution in [2.45, 2.75) is 37.5 Å². The van der Waals surface area contributed by atoms with E-state index in [-0.39, 0.29) is 19.0 Å². The van der Waals surface area contributed by atoms with Crippen LogP contribution in [0.25, 0.3) is 5.69 Å². The lowest BCUT2D eigenvalue weighted by atomic mass is 9.92. The number of hydrogen-bond acceptors (Lipinski definition) is 4. The summed E-state index contributed by atoms with van der Waals surface area (Å²) in [5, 5.41) is 14.0. The average molecular weight is 397 g/mol. The highest BCUT2D eigenvalue weighted by atomic mass is 19.4. The molecule has 1 saturated heterocycles. The molecule has 0 aliphatic carbocycles. The van der Waals surface area contributed by atoms with Crippen molar-refractivity contribution in [1.29, 1.82) is 0 Å². The molecule has 0 saturated carbocycles. The van der Waals surface area contributed by atoms with Gasteiger partial charge in [-0.15, -0.1) is 0 Å². The number of carbonyl (C=O) groups is 1. The predicted molar refractivity (Wildman–Crippen MR) is 95.3 cm³/mol. The first-order valence-corrected chi connectivity index (χ1v) is 8.92. The number of methoxy groups -OCH3 is 1. The number of ether oxygens (including phenoxy) is 1. The van der Waals surface area contributed by atoms with Gasteiger partial charge in [0.15, 0.2) is 0 Å². The van der Waals surface area contributed by atoms with E-state index in [9.17, 15) is 23.1 Å². The number of piperidine rings is 1. The Morgan fingerprint density at radius 2 is 1.79 bits per heavy atom. The topological polar surface area (TPSA) is 67.6 Å². The van der Waals surface area contributed by atoms with Crippen LogP contribution in [-0.2, 0) is 4.79 Å². The van der Waals surface area contributed by atoms with Crippen LogP contribution in [0.2, 0.25) is 0 Å². The molecular formula is C19H22F3N3O3. The maximum absolute atomic E-state index is 12.9. The molecule has 2 heterocycles. The van der Waals surface area contributed by atoms with Crippen LogP contribution in [0.15, 0.2) is 36.5 Å². The molecule has 1 fully saturated rings. The van der Waals surface area contributed by atoms with Crippen LogP contribution >= 0.6 is 0 Å². The van der Waals surface area contributed by atoms with Crippen molar-refractivity contribution in [3.63, 3.8) is 0 Å². The van der Waals surface area contributed by atoms with Crippen molar-refractivity contribution in [3.8, 4) is 11.4 Å². The van der Waals surface area contributed by atoms with E-state index in [0.29, 0.717) is 19.8 Å². The van der Waals surface area contributed by atoms with Gasteiger partial charge in [0, 0.05) is 30.9 Å². The van der Waals surface area contributed by atoms with Crippen LogP contribution in [0, 0.1) is 0 Å². The Balaban J connectivity index is 1.71. The molecule has 1 atom stereocenters. The molecule has 1 amide bonds. The van der Waals surface area contributed by atoms with Crippen molar-refractivity contribution >= 4 is 5.91 Å². The molecule has 1 aromatic heterocycles. The number of alkyl halides is 3. The molecule has 1 unspecified atom stereocenters. The lowest BCUT2D eigenvalue weighted by Crippen LogP contribution is -2.57. The fraction of sp³-hybridized carbons (Fsp3) is 0.474. The summed E-state index contributed by atoms with van der Waals surface area (Å²) in [4.78, 5) is 13.2. The third-order valence-electron chi connectivity index (χ3n) is 5.16. The molecule has 3 rings (SSSR count). The summed E-state index contributed by atoms with van der Waals surface area (Å²) in [6, 6.07) is 9.25. The lowest BCUT2D eigenvalue weighted by Gasteiger charge is -2.36. The molecule has 0 spiro atoms. The van der Waals surface area contributed by atoms with E-state index in [1.165, 1.54) is 0 Å². The first kappa shape index (κ1) is 20.2. The second-order valence-corrected chi connectivity index (χ2v) is 7.00. The zero-order chi connectivity index (χ0) is 20.5. The molecule has 1 aliphatic heterocycles. The number of carbonyl (C=O) groups excluding carboxylic acids is 1. The molecule has 0 radical (unpaired) electrons. The van der Waals surface area contributed by atoms with Gasteiger partial charge in [0.05, 0.1) is 12.8 Å². The number of nitrogens with zero attached hydrogens (tertiary/aromatic N) is 3. The molecule has 9 heteroatoms. The Morgan fingerprint density at radius 3 is 2.32 bits per heavy atom. The first-order chi connectivity index (χ1) is 13.1. The van der Waals surface area contributed by atoms with Crippen LogP contribution in [0.1, 0.15) is 31.4 Å². The van der Waals surface area contributed by atoms with Crippen molar-refractivity contribution in [2.24, 2.45) is 0 Å². The number of benzene rings is 1. The van der Waals surface area contributed by atoms with Gasteiger partial charge in [-0.1, -0.05) is 0 Å². The third kappa shape index (κ3) is 3.71. The molecule has 28 heavy (non-hydrogen) atoms. The van der Waals surface area contributed by atoms with Crippen LogP contribution in [0.5, 0.6) is 5.75 Å². The van der Waals surface area contributed by atoms with Crippen molar-refractivity contribution in [2.75, 3.05) is 20.2 Å². The standard InChI is InChI=1S/C19H22F3N3O3/c1-18(27,19(20,21)22)17(26)24-11-8-13(9-12-24)16-7-10-23-25(16)14-3-5-15(28-2)6-4-14/h3-7,10,13,27H,8-9,11-12H2,1-2H3. The molecule has 6 nitrogen and oxygen atoms in total. The van der Waals surface area contributed by atoms with Gasteiger partial charge in [-0.3, -0.25) is 4.79 Å². The summed E-state index contributed by atoms with van der Waals surface area (Å²) in [6.45, 7) is 0.785. The molecule has 1 aliphatic rings. The van der Waals surface area contributed by atoms with Crippen LogP contribution < -0.4 is 4.74 Å². The third-order valence-corrected chi connectivity index (χ3v) is 5.16. The Kier molecular flexibility index (Phi) is 5.38. The maximum Gasteiger partial charge on any atom is 0.426 e. The quantitative estimate of drug-likeness (QED) is 0.862. The molecule has 1 aromatic carbocycles. The van der Waals surface area contributed by atoms with Crippen molar-refractivity contribution in [3.05, 3.63) is 42.2 Å². The Bertz CT molecular complexity index is 823. The monoisotopic (exact) mass is 397 g/mol. The predicted octanol–water partition coefficient (Wildman–Crippen LogP) is 2.90. The molecule has 152 valence electrons. The highest BCUT2D eigenvalue weighted by Gasteiger charge is 2.57. The SMILES string of the molecule is COc1ccc(-n2nccc2C2CCN(C(=O)C(C)(O)C(F)(F)F)CC2)cc1. The van der Waals surface area contributed by atoms with Gasteiger partial charge < -0.3 is 14.7 Å². The second-order valence-electron chi connectivity index (χ2n) is 7.00. The summed E-state index contributed by atoms with van der Waals surface area (Å²) in [5.41, 5.74) is -1.59. The van der Waals surface area contributed by atoms with E-state index < -0.39 is 17.7 Å². The minimum absolute atomic E-state index is 0.0458. The minimum atomic E-state index is -5.01. The van der Waals surface area contributed by atoms with E-state index in [1.54, 1.807) is 18.0 Å². The fourth-order valence-electron chi connectivity index (χ4n) is 3.37. The summed E-state index contributed by atoms with van der Waals surface area (Å²) in [6.07, 6.45) is -2.36. The summed E-state index contributed by atoms with van der Waals surface area (Å²) < 4.78 is 45.7. The molecule has 1 N–H and O–H groups in total. The summed E-state index contributed by atoms with van der Waals surface area (Å²) in [7, 11) is 1.58. The fourth-order valence-corrected chi connectivity index (χ4v) is 3.37. The van der Waals surface area contributed by atoms with Gasteiger partial charge in [-0.05, 0) is 50.1 Å². The number of aromatic nitrogens is 2. The maximum atomic E-state index is 12.9. The van der Waals surface area contributed by atoms with Gasteiger partial charge in [0.1, 0.15) is 5.75 Å². The van der Waals surface area contributed by atoms with Crippen LogP contribution in [-0.4, -0.2) is 57.7 Å². The van der Waals surface area contributed by atoms with Crippen molar-refractivity contribution < 1.29 is 27.8 Å². The normalized spacial score (nSPS) is 18.0. The number of rotatable bonds is 4. The Labute approximate surface area is 160 Å². The summed E-state index contributed by atoms with van der Waals surface area (Å²) >= 11 is 0. The van der Waals surface area contributed by atoms with Gasteiger partial charge in [0.25, 0.3) is 5.91 Å². The van der Waals surface area contributed by atoms with Gasteiger partial charge in [0.2, 0.25) is 5.60 Å². The molecule has 0 bridgehead atoms. The van der Waals surface area contributed by atoms with Crippen molar-refractivity contribution in [1.82, 2.24) is 14.7 Å². The number of hydrogen-bond donors (Lipinski definition) is 1. The first-order valence-electron chi connectivity index (χ1n) is 8.92. The van der Waals surface area contributed by atoms with Gasteiger partial charge >= 0.3 is 6.18 Å². The van der Waals surface area contributed by atoms with Crippen LogP contribution in [0.4, 0.5) is 13.2 Å². The smallest absolute Gasteiger partial charge is 0.426 e. The molecular weight excluding hydrogens is 375 g/mol. The van der Waals surface area contributed by atoms with E-state index in [2.05, 4.69) is 5.10 Å². The van der Waals surface area contributed by atoms with Gasteiger partial charge in [-0.2, -0.15) is 18.3 Å². The zero-order valence-corrected chi connectivity index (χ0v) is 15.6. The minimum Gasteiger partial charge on any atom is -0.497 e. The highest BCUT2D eigenvalue weighted by molar-refractivity contribution is 5.85. The Morgan fingerprint density at radius 1 is 1.18 bits per heavy atom. The van der Waals surface area contributed by atoms with E-state index >= 15 is 0 Å². The van der Waals surface area contributed by atoms with E-state index in [4.69, 9.17) is 4.74 Å². The van der Waals surface area contributed by atoms with E-state index in [1.807, 2.05) is 30.3 Å². The second kappa shape index (κ2) is 7.46. The van der Waals surface area contributed by atoms with E-state index in [0.717, 1.165) is 22.0 Å². The zero-order valence-electron chi connectivity index (χ0n) is 15.6. The highest BCUT2D eigenvalue weighted by Crippen LogP contribution is 2.35. The number of likely N-dealkylation sites (tertiary alicyclic amines) is 1. The number of halogens is 3. The summed E-state index contributed by atoms with van der Waals surface area (Å²) in [5.74, 6) is -0.535. The number of amides is 1. The molecule has 2 aromatic rings. The largest absolute Gasteiger partial charge is 0.497 e. The average Bonchev–Trinajstić information content (AvgIpc) is 3.16. The lowest BCUT2D eigenvalue weighted by molar-refractivity contribution is -0.250. The van der Waals surface area contributed by atoms with Gasteiger partial charge in [-0.25, -0.2) is 4.68 Å².